The molecule has 0 aliphatic carbocycles. The maximum absolute atomic E-state index is 13.8. The van der Waals surface area contributed by atoms with Gasteiger partial charge in [-0.25, -0.2) is 13.2 Å². The first kappa shape index (κ1) is 32.5. The minimum absolute atomic E-state index is 0.0293. The Balaban J connectivity index is 1.49. The fraction of sp³-hybridized carbons (Fsp3) is 0.152. The second-order valence-electron chi connectivity index (χ2n) is 10.3. The van der Waals surface area contributed by atoms with Gasteiger partial charge in [0.1, 0.15) is 11.5 Å². The summed E-state index contributed by atoms with van der Waals surface area (Å²) in [5, 5.41) is 1.16. The molecular formula is C33H27Cl3N2O6S. The molecule has 1 aromatic heterocycles. The van der Waals surface area contributed by atoms with Crippen molar-refractivity contribution in [1.29, 1.82) is 0 Å². The number of carbonyl (C=O) groups is 2. The zero-order valence-electron chi connectivity index (χ0n) is 24.4. The van der Waals surface area contributed by atoms with Crippen molar-refractivity contribution in [3.05, 3.63) is 133 Å². The number of hydrogen-bond acceptors (Lipinski definition) is 6. The van der Waals surface area contributed by atoms with Gasteiger partial charge < -0.3 is 9.15 Å². The lowest BCUT2D eigenvalue weighted by Gasteiger charge is -2.21. The quantitative estimate of drug-likeness (QED) is 0.132. The molecule has 232 valence electrons. The minimum atomic E-state index is -3.95. The van der Waals surface area contributed by atoms with Crippen LogP contribution in [-0.4, -0.2) is 31.7 Å². The van der Waals surface area contributed by atoms with Crippen molar-refractivity contribution in [3.63, 3.8) is 0 Å². The third kappa shape index (κ3) is 7.03. The van der Waals surface area contributed by atoms with Crippen LogP contribution >= 0.6 is 34.8 Å². The molecule has 0 atom stereocenters. The highest BCUT2D eigenvalue weighted by Crippen LogP contribution is 2.38. The molecule has 0 N–H and O–H groups in total. The number of sulfonamides is 1. The molecule has 12 heteroatoms. The Bertz CT molecular complexity index is 1930. The Morgan fingerprint density at radius 3 is 2.16 bits per heavy atom. The molecule has 2 heterocycles. The number of nitrogens with zero attached hydrogens (tertiary/aromatic N) is 2. The molecule has 0 saturated carbocycles. The summed E-state index contributed by atoms with van der Waals surface area (Å²) >= 11 is 18.4. The minimum Gasteiger partial charge on any atom is -0.465 e. The van der Waals surface area contributed by atoms with E-state index in [1.165, 1.54) is 28.5 Å². The average Bonchev–Trinajstić information content (AvgIpc) is 3.53. The molecule has 0 saturated heterocycles. The number of amides is 1. The monoisotopic (exact) mass is 684 g/mol. The van der Waals surface area contributed by atoms with Crippen molar-refractivity contribution < 1.29 is 27.2 Å². The number of ether oxygens (including phenoxy) is 1. The maximum atomic E-state index is 13.8. The standard InChI is InChI=1S/C33H27Cl3N2O6S/c1-20-4-12-29(13-5-20)45(41,42)37(18-22-6-8-23(34)9-7-22)19-28-11-10-27(44-28)17-30-31(33(40)43-3)21(2)38(32(30)39)26-15-24(35)14-25(36)16-26/h4-17H,18-19H2,1-3H3/b30-17+. The summed E-state index contributed by atoms with van der Waals surface area (Å²) in [6.07, 6.45) is 1.42. The Morgan fingerprint density at radius 2 is 1.53 bits per heavy atom. The van der Waals surface area contributed by atoms with Crippen LogP contribution in [-0.2, 0) is 37.4 Å². The Morgan fingerprint density at radius 1 is 0.889 bits per heavy atom. The van der Waals surface area contributed by atoms with Crippen molar-refractivity contribution in [3.8, 4) is 0 Å². The third-order valence-corrected chi connectivity index (χ3v) is 9.62. The third-order valence-electron chi connectivity index (χ3n) is 7.13. The molecule has 0 fully saturated rings. The SMILES string of the molecule is COC(=O)C1=C(C)N(c2cc(Cl)cc(Cl)c2)C(=O)/C1=C/c1ccc(CN(Cc2ccc(Cl)cc2)S(=O)(=O)c2ccc(C)cc2)o1. The lowest BCUT2D eigenvalue weighted by atomic mass is 10.1. The number of benzene rings is 3. The van der Waals surface area contributed by atoms with Gasteiger partial charge in [-0.3, -0.25) is 9.69 Å². The molecule has 1 aliphatic rings. The number of methoxy groups -OCH3 is 1. The number of anilines is 1. The summed E-state index contributed by atoms with van der Waals surface area (Å²) in [6.45, 7) is 3.43. The summed E-state index contributed by atoms with van der Waals surface area (Å²) < 4.78 is 39.8. The molecule has 8 nitrogen and oxygen atoms in total. The van der Waals surface area contributed by atoms with Gasteiger partial charge in [-0.05, 0) is 80.1 Å². The largest absolute Gasteiger partial charge is 0.465 e. The van der Waals surface area contributed by atoms with E-state index >= 15 is 0 Å². The number of hydrogen-bond donors (Lipinski definition) is 0. The van der Waals surface area contributed by atoms with Gasteiger partial charge in [0.25, 0.3) is 5.91 Å². The van der Waals surface area contributed by atoms with E-state index in [0.717, 1.165) is 11.1 Å². The van der Waals surface area contributed by atoms with Gasteiger partial charge >= 0.3 is 5.97 Å². The molecular weight excluding hydrogens is 659 g/mol. The molecule has 5 rings (SSSR count). The number of carbonyl (C=O) groups excluding carboxylic acids is 2. The highest BCUT2D eigenvalue weighted by Gasteiger charge is 2.38. The first-order valence-electron chi connectivity index (χ1n) is 13.6. The zero-order chi connectivity index (χ0) is 32.5. The summed E-state index contributed by atoms with van der Waals surface area (Å²) in [5.74, 6) is -0.688. The number of allylic oxidation sites excluding steroid dienone is 1. The summed E-state index contributed by atoms with van der Waals surface area (Å²) in [4.78, 5) is 28.0. The van der Waals surface area contributed by atoms with E-state index in [0.29, 0.717) is 32.2 Å². The molecule has 1 aliphatic heterocycles. The van der Waals surface area contributed by atoms with Gasteiger partial charge in [0.2, 0.25) is 10.0 Å². The fourth-order valence-electron chi connectivity index (χ4n) is 4.91. The van der Waals surface area contributed by atoms with Crippen LogP contribution in [0, 0.1) is 6.92 Å². The Kier molecular flexibility index (Phi) is 9.57. The molecule has 45 heavy (non-hydrogen) atoms. The molecule has 0 unspecified atom stereocenters. The lowest BCUT2D eigenvalue weighted by Crippen LogP contribution is -2.30. The molecule has 3 aromatic carbocycles. The van der Waals surface area contributed by atoms with Gasteiger partial charge in [0.05, 0.1) is 35.4 Å². The zero-order valence-corrected chi connectivity index (χ0v) is 27.5. The van der Waals surface area contributed by atoms with Gasteiger partial charge in [-0.15, -0.1) is 0 Å². The number of rotatable bonds is 9. The topological polar surface area (TPSA) is 97.1 Å². The maximum Gasteiger partial charge on any atom is 0.340 e. The lowest BCUT2D eigenvalue weighted by molar-refractivity contribution is -0.136. The average molecular weight is 686 g/mol. The van der Waals surface area contributed by atoms with Crippen molar-refractivity contribution in [2.24, 2.45) is 0 Å². The van der Waals surface area contributed by atoms with E-state index in [1.54, 1.807) is 79.7 Å². The van der Waals surface area contributed by atoms with E-state index in [9.17, 15) is 18.0 Å². The summed E-state index contributed by atoms with van der Waals surface area (Å²) in [5.41, 5.74) is 2.42. The summed E-state index contributed by atoms with van der Waals surface area (Å²) in [6, 6.07) is 21.3. The van der Waals surface area contributed by atoms with E-state index in [1.807, 2.05) is 6.92 Å². The van der Waals surface area contributed by atoms with Crippen molar-refractivity contribution in [2.45, 2.75) is 31.8 Å². The number of aryl methyl sites for hydroxylation is 1. The van der Waals surface area contributed by atoms with Gasteiger partial charge in [0, 0.05) is 27.3 Å². The fourth-order valence-corrected chi connectivity index (χ4v) is 6.95. The van der Waals surface area contributed by atoms with Crippen LogP contribution < -0.4 is 4.90 Å². The first-order valence-corrected chi connectivity index (χ1v) is 16.2. The van der Waals surface area contributed by atoms with Crippen LogP contribution in [0.2, 0.25) is 15.1 Å². The van der Waals surface area contributed by atoms with E-state index in [2.05, 4.69) is 0 Å². The van der Waals surface area contributed by atoms with Gasteiger partial charge in [0.15, 0.2) is 0 Å². The molecule has 0 bridgehead atoms. The highest BCUT2D eigenvalue weighted by molar-refractivity contribution is 7.89. The molecule has 4 aromatic rings. The van der Waals surface area contributed by atoms with E-state index < -0.39 is 21.9 Å². The Labute approximate surface area is 276 Å². The van der Waals surface area contributed by atoms with Gasteiger partial charge in [-0.1, -0.05) is 64.6 Å². The molecule has 1 amide bonds. The predicted molar refractivity (Wildman–Crippen MR) is 174 cm³/mol. The van der Waals surface area contributed by atoms with Crippen molar-refractivity contribution >= 4 is 68.5 Å². The van der Waals surface area contributed by atoms with Gasteiger partial charge in [-0.2, -0.15) is 4.31 Å². The first-order chi connectivity index (χ1) is 21.4. The van der Waals surface area contributed by atoms with Crippen LogP contribution in [0.15, 0.2) is 105 Å². The van der Waals surface area contributed by atoms with Crippen LogP contribution in [0.25, 0.3) is 6.08 Å². The van der Waals surface area contributed by atoms with E-state index in [-0.39, 0.29) is 34.9 Å². The highest BCUT2D eigenvalue weighted by atomic mass is 35.5. The number of halogens is 3. The predicted octanol–water partition coefficient (Wildman–Crippen LogP) is 7.82. The van der Waals surface area contributed by atoms with Crippen LogP contribution in [0.5, 0.6) is 0 Å². The second-order valence-corrected chi connectivity index (χ2v) is 13.5. The smallest absolute Gasteiger partial charge is 0.340 e. The van der Waals surface area contributed by atoms with Crippen LogP contribution in [0.3, 0.4) is 0 Å². The summed E-state index contributed by atoms with van der Waals surface area (Å²) in [7, 11) is -2.73. The van der Waals surface area contributed by atoms with Crippen molar-refractivity contribution in [1.82, 2.24) is 4.31 Å². The van der Waals surface area contributed by atoms with E-state index in [4.69, 9.17) is 44.0 Å². The number of furan rings is 1. The molecule has 0 spiro atoms. The normalized spacial score (nSPS) is 14.6. The second kappa shape index (κ2) is 13.2. The molecule has 0 radical (unpaired) electrons. The van der Waals surface area contributed by atoms with Crippen LogP contribution in [0.4, 0.5) is 5.69 Å². The van der Waals surface area contributed by atoms with Crippen LogP contribution in [0.1, 0.15) is 29.6 Å². The Hall–Kier alpha value is -3.86. The number of esters is 1. The van der Waals surface area contributed by atoms with Crippen molar-refractivity contribution in [2.75, 3.05) is 12.0 Å².